The van der Waals surface area contributed by atoms with Gasteiger partial charge in [0.1, 0.15) is 5.75 Å². The van der Waals surface area contributed by atoms with E-state index < -0.39 is 0 Å². The first-order valence-corrected chi connectivity index (χ1v) is 10.8. The number of carbonyl (C=O) groups excluding carboxylic acids is 1. The number of amides is 2. The number of hydrogen-bond acceptors (Lipinski definition) is 4. The summed E-state index contributed by atoms with van der Waals surface area (Å²) in [5.74, 6) is 0.800. The molecule has 32 heavy (non-hydrogen) atoms. The Morgan fingerprint density at radius 2 is 1.97 bits per heavy atom. The van der Waals surface area contributed by atoms with Crippen molar-refractivity contribution in [1.29, 1.82) is 0 Å². The number of benzene rings is 2. The Morgan fingerprint density at radius 3 is 2.81 bits per heavy atom. The maximum absolute atomic E-state index is 13.3. The number of imidazole rings is 1. The molecular weight excluding hydrogens is 402 g/mol. The molecule has 2 aromatic carbocycles. The first kappa shape index (κ1) is 21.4. The smallest absolute Gasteiger partial charge is 0.322 e. The van der Waals surface area contributed by atoms with Crippen LogP contribution >= 0.6 is 0 Å². The van der Waals surface area contributed by atoms with Gasteiger partial charge >= 0.3 is 6.03 Å². The molecule has 0 spiro atoms. The Kier molecular flexibility index (Phi) is 6.97. The maximum atomic E-state index is 13.3. The highest BCUT2D eigenvalue weighted by Crippen LogP contribution is 2.23. The lowest BCUT2D eigenvalue weighted by atomic mass is 10.1. The number of ether oxygens (including phenoxy) is 1. The number of rotatable bonds is 9. The summed E-state index contributed by atoms with van der Waals surface area (Å²) < 4.78 is 7.79. The molecule has 4 aromatic rings. The zero-order valence-electron chi connectivity index (χ0n) is 18.1. The fourth-order valence-corrected chi connectivity index (χ4v) is 3.65. The molecule has 0 saturated heterocycles. The number of nitrogens with zero attached hydrogens (tertiary/aromatic N) is 4. The molecule has 164 valence electrons. The van der Waals surface area contributed by atoms with Crippen molar-refractivity contribution >= 4 is 22.6 Å². The SMILES string of the molecule is CCOc1ccccc1CN(CCCn1ccnc1)C(=O)Nc1cccc2cccnc12. The first-order chi connectivity index (χ1) is 15.7. The van der Waals surface area contributed by atoms with E-state index in [9.17, 15) is 4.79 Å². The van der Waals surface area contributed by atoms with Crippen LogP contribution in [0, 0.1) is 0 Å². The number of anilines is 1. The third-order valence-corrected chi connectivity index (χ3v) is 5.20. The summed E-state index contributed by atoms with van der Waals surface area (Å²) in [5.41, 5.74) is 2.45. The van der Waals surface area contributed by atoms with Crippen LogP contribution in [0.5, 0.6) is 5.75 Å². The quantitative estimate of drug-likeness (QED) is 0.408. The summed E-state index contributed by atoms with van der Waals surface area (Å²) in [6, 6.07) is 17.3. The molecule has 2 amide bonds. The van der Waals surface area contributed by atoms with E-state index in [2.05, 4.69) is 15.3 Å². The van der Waals surface area contributed by atoms with Gasteiger partial charge in [0.25, 0.3) is 0 Å². The van der Waals surface area contributed by atoms with E-state index >= 15 is 0 Å². The van der Waals surface area contributed by atoms with Crippen molar-refractivity contribution in [2.24, 2.45) is 0 Å². The molecule has 1 N–H and O–H groups in total. The van der Waals surface area contributed by atoms with Crippen molar-refractivity contribution in [3.05, 3.63) is 85.1 Å². The van der Waals surface area contributed by atoms with Gasteiger partial charge in [-0.25, -0.2) is 9.78 Å². The number of para-hydroxylation sites is 2. The highest BCUT2D eigenvalue weighted by Gasteiger charge is 2.17. The third-order valence-electron chi connectivity index (χ3n) is 5.20. The van der Waals surface area contributed by atoms with E-state index in [1.807, 2.05) is 77.2 Å². The molecule has 0 fully saturated rings. The van der Waals surface area contributed by atoms with Crippen LogP contribution in [0.3, 0.4) is 0 Å². The second kappa shape index (κ2) is 10.4. The molecule has 2 aromatic heterocycles. The van der Waals surface area contributed by atoms with Crippen LogP contribution in [0.25, 0.3) is 10.9 Å². The zero-order valence-corrected chi connectivity index (χ0v) is 18.1. The molecule has 7 nitrogen and oxygen atoms in total. The lowest BCUT2D eigenvalue weighted by Gasteiger charge is -2.24. The van der Waals surface area contributed by atoms with Gasteiger partial charge in [0.15, 0.2) is 0 Å². The fraction of sp³-hybridized carbons (Fsp3) is 0.240. The average molecular weight is 430 g/mol. The number of pyridine rings is 1. The van der Waals surface area contributed by atoms with Crippen molar-refractivity contribution in [3.63, 3.8) is 0 Å². The van der Waals surface area contributed by atoms with E-state index in [0.717, 1.165) is 35.2 Å². The Labute approximate surface area is 187 Å². The fourth-order valence-electron chi connectivity index (χ4n) is 3.65. The van der Waals surface area contributed by atoms with Crippen LogP contribution in [0.2, 0.25) is 0 Å². The molecule has 0 aliphatic heterocycles. The number of nitrogens with one attached hydrogen (secondary N) is 1. The number of aryl methyl sites for hydroxylation is 1. The van der Waals surface area contributed by atoms with Crippen LogP contribution in [-0.4, -0.2) is 38.6 Å². The van der Waals surface area contributed by atoms with Gasteiger partial charge in [-0.05, 0) is 31.5 Å². The molecule has 7 heteroatoms. The van der Waals surface area contributed by atoms with Gasteiger partial charge in [-0.3, -0.25) is 4.98 Å². The minimum absolute atomic E-state index is 0.167. The van der Waals surface area contributed by atoms with Gasteiger partial charge in [0, 0.05) is 42.6 Å². The van der Waals surface area contributed by atoms with Gasteiger partial charge in [-0.1, -0.05) is 36.4 Å². The van der Waals surface area contributed by atoms with E-state index in [4.69, 9.17) is 4.74 Å². The van der Waals surface area contributed by atoms with Crippen molar-refractivity contribution < 1.29 is 9.53 Å². The van der Waals surface area contributed by atoms with Crippen LogP contribution < -0.4 is 10.1 Å². The van der Waals surface area contributed by atoms with Gasteiger partial charge in [-0.15, -0.1) is 0 Å². The Bertz CT molecular complexity index is 1150. The van der Waals surface area contributed by atoms with Crippen molar-refractivity contribution in [2.75, 3.05) is 18.5 Å². The van der Waals surface area contributed by atoms with Gasteiger partial charge < -0.3 is 19.5 Å². The second-order valence-corrected chi connectivity index (χ2v) is 7.43. The normalized spacial score (nSPS) is 10.8. The summed E-state index contributed by atoms with van der Waals surface area (Å²) >= 11 is 0. The highest BCUT2D eigenvalue weighted by atomic mass is 16.5. The second-order valence-electron chi connectivity index (χ2n) is 7.43. The largest absolute Gasteiger partial charge is 0.494 e. The van der Waals surface area contributed by atoms with Crippen molar-refractivity contribution in [3.8, 4) is 5.75 Å². The number of carbonyl (C=O) groups is 1. The standard InChI is InChI=1S/C25H27N5O2/c1-2-32-23-12-4-3-8-21(23)18-30(16-7-15-29-17-14-26-19-29)25(31)28-22-11-5-9-20-10-6-13-27-24(20)22/h3-6,8-14,17,19H,2,7,15-16,18H2,1H3,(H,28,31). The molecule has 0 bridgehead atoms. The Hall–Kier alpha value is -3.87. The lowest BCUT2D eigenvalue weighted by Crippen LogP contribution is -2.36. The molecule has 0 atom stereocenters. The summed E-state index contributed by atoms with van der Waals surface area (Å²) in [5, 5.41) is 4.05. The minimum atomic E-state index is -0.167. The monoisotopic (exact) mass is 429 g/mol. The molecule has 4 rings (SSSR count). The van der Waals surface area contributed by atoms with Crippen molar-refractivity contribution in [2.45, 2.75) is 26.4 Å². The lowest BCUT2D eigenvalue weighted by molar-refractivity contribution is 0.206. The number of urea groups is 1. The van der Waals surface area contributed by atoms with Crippen LogP contribution in [-0.2, 0) is 13.1 Å². The topological polar surface area (TPSA) is 72.3 Å². The van der Waals surface area contributed by atoms with Gasteiger partial charge in [0.05, 0.1) is 30.7 Å². The number of fused-ring (bicyclic) bond motifs is 1. The van der Waals surface area contributed by atoms with E-state index in [1.54, 1.807) is 18.7 Å². The van der Waals surface area contributed by atoms with E-state index in [1.165, 1.54) is 0 Å². The highest BCUT2D eigenvalue weighted by molar-refractivity contribution is 5.99. The maximum Gasteiger partial charge on any atom is 0.322 e. The van der Waals surface area contributed by atoms with Gasteiger partial charge in [0.2, 0.25) is 0 Å². The summed E-state index contributed by atoms with van der Waals surface area (Å²) in [6.07, 6.45) is 8.01. The molecule has 0 unspecified atom stereocenters. The number of aromatic nitrogens is 3. The van der Waals surface area contributed by atoms with Crippen LogP contribution in [0.4, 0.5) is 10.5 Å². The van der Waals surface area contributed by atoms with E-state index in [0.29, 0.717) is 25.4 Å². The Morgan fingerprint density at radius 1 is 1.09 bits per heavy atom. The molecule has 2 heterocycles. The number of hydrogen-bond donors (Lipinski definition) is 1. The van der Waals surface area contributed by atoms with Crippen molar-refractivity contribution in [1.82, 2.24) is 19.4 Å². The molecule has 0 radical (unpaired) electrons. The van der Waals surface area contributed by atoms with Gasteiger partial charge in [-0.2, -0.15) is 0 Å². The first-order valence-electron chi connectivity index (χ1n) is 10.8. The zero-order chi connectivity index (χ0) is 22.2. The molecule has 0 aliphatic carbocycles. The summed E-state index contributed by atoms with van der Waals surface area (Å²) in [6.45, 7) is 4.35. The molecular formula is C25H27N5O2. The molecule has 0 saturated carbocycles. The predicted octanol–water partition coefficient (Wildman–Crippen LogP) is 4.95. The van der Waals surface area contributed by atoms with E-state index in [-0.39, 0.29) is 6.03 Å². The average Bonchev–Trinajstić information content (AvgIpc) is 3.33. The van der Waals surface area contributed by atoms with Crippen LogP contribution in [0.1, 0.15) is 18.9 Å². The van der Waals surface area contributed by atoms with Crippen LogP contribution in [0.15, 0.2) is 79.5 Å². The summed E-state index contributed by atoms with van der Waals surface area (Å²) in [4.78, 5) is 23.7. The predicted molar refractivity (Wildman–Crippen MR) is 126 cm³/mol. The summed E-state index contributed by atoms with van der Waals surface area (Å²) in [7, 11) is 0. The molecule has 0 aliphatic rings. The third kappa shape index (κ3) is 5.24. The Balaban J connectivity index is 1.53. The minimum Gasteiger partial charge on any atom is -0.494 e.